The molecule has 0 saturated heterocycles. The van der Waals surface area contributed by atoms with Gasteiger partial charge >= 0.3 is 5.97 Å². The van der Waals surface area contributed by atoms with E-state index in [-0.39, 0.29) is 0 Å². The van der Waals surface area contributed by atoms with Crippen molar-refractivity contribution in [3.8, 4) is 0 Å². The van der Waals surface area contributed by atoms with Gasteiger partial charge in [0.1, 0.15) is 18.6 Å². The SMILES string of the molecule is Cc1ccc(N(CC(=O)O)C(=O)c2coc(C)c2)cc1. The van der Waals surface area contributed by atoms with E-state index in [1.165, 1.54) is 11.2 Å². The largest absolute Gasteiger partial charge is 0.480 e. The molecule has 0 aliphatic rings. The van der Waals surface area contributed by atoms with E-state index in [9.17, 15) is 9.59 Å². The summed E-state index contributed by atoms with van der Waals surface area (Å²) in [5.41, 5.74) is 1.92. The first kappa shape index (κ1) is 13.9. The van der Waals surface area contributed by atoms with Crippen molar-refractivity contribution in [2.24, 2.45) is 0 Å². The second-order valence-corrected chi connectivity index (χ2v) is 4.57. The van der Waals surface area contributed by atoms with Gasteiger partial charge in [0.05, 0.1) is 5.56 Å². The molecule has 0 atom stereocenters. The molecule has 20 heavy (non-hydrogen) atoms. The molecule has 0 aliphatic heterocycles. The van der Waals surface area contributed by atoms with Gasteiger partial charge in [-0.15, -0.1) is 0 Å². The second kappa shape index (κ2) is 5.61. The van der Waals surface area contributed by atoms with E-state index in [1.807, 2.05) is 19.1 Å². The van der Waals surface area contributed by atoms with Crippen molar-refractivity contribution in [3.05, 3.63) is 53.5 Å². The maximum absolute atomic E-state index is 12.4. The summed E-state index contributed by atoms with van der Waals surface area (Å²) < 4.78 is 5.10. The van der Waals surface area contributed by atoms with E-state index in [0.29, 0.717) is 17.0 Å². The molecule has 0 unspecified atom stereocenters. The van der Waals surface area contributed by atoms with Crippen LogP contribution in [-0.2, 0) is 4.79 Å². The quantitative estimate of drug-likeness (QED) is 0.929. The highest BCUT2D eigenvalue weighted by Gasteiger charge is 2.21. The normalized spacial score (nSPS) is 10.3. The van der Waals surface area contributed by atoms with Gasteiger partial charge in [0.15, 0.2) is 0 Å². The molecule has 1 amide bonds. The Labute approximate surface area is 116 Å². The van der Waals surface area contributed by atoms with Crippen molar-refractivity contribution in [1.29, 1.82) is 0 Å². The number of furan rings is 1. The van der Waals surface area contributed by atoms with Crippen LogP contribution < -0.4 is 4.90 Å². The van der Waals surface area contributed by atoms with Crippen LogP contribution in [0.3, 0.4) is 0 Å². The van der Waals surface area contributed by atoms with Crippen molar-refractivity contribution in [3.63, 3.8) is 0 Å². The highest BCUT2D eigenvalue weighted by Crippen LogP contribution is 2.19. The number of aryl methyl sites for hydroxylation is 2. The molecule has 2 rings (SSSR count). The van der Waals surface area contributed by atoms with E-state index in [0.717, 1.165) is 5.56 Å². The van der Waals surface area contributed by atoms with Crippen molar-refractivity contribution < 1.29 is 19.1 Å². The Balaban J connectivity index is 2.34. The first-order valence-electron chi connectivity index (χ1n) is 6.13. The summed E-state index contributed by atoms with van der Waals surface area (Å²) in [6, 6.07) is 8.70. The van der Waals surface area contributed by atoms with Gasteiger partial charge in [-0.25, -0.2) is 0 Å². The van der Waals surface area contributed by atoms with E-state index in [1.54, 1.807) is 25.1 Å². The van der Waals surface area contributed by atoms with Crippen molar-refractivity contribution in [1.82, 2.24) is 0 Å². The number of carboxylic acid groups (broad SMARTS) is 1. The minimum absolute atomic E-state index is 0.337. The Hall–Kier alpha value is -2.56. The fourth-order valence-electron chi connectivity index (χ4n) is 1.85. The smallest absolute Gasteiger partial charge is 0.323 e. The Morgan fingerprint density at radius 2 is 1.85 bits per heavy atom. The van der Waals surface area contributed by atoms with Crippen LogP contribution in [0.4, 0.5) is 5.69 Å². The third kappa shape index (κ3) is 3.06. The average Bonchev–Trinajstić information content (AvgIpc) is 2.83. The minimum Gasteiger partial charge on any atom is -0.480 e. The molecule has 0 aliphatic carbocycles. The monoisotopic (exact) mass is 273 g/mol. The molecule has 104 valence electrons. The number of benzene rings is 1. The molecule has 1 aromatic heterocycles. The lowest BCUT2D eigenvalue weighted by atomic mass is 10.2. The van der Waals surface area contributed by atoms with Crippen LogP contribution in [0.25, 0.3) is 0 Å². The van der Waals surface area contributed by atoms with Crippen molar-refractivity contribution in [2.45, 2.75) is 13.8 Å². The third-order valence-corrected chi connectivity index (χ3v) is 2.86. The topological polar surface area (TPSA) is 70.8 Å². The number of hydrogen-bond donors (Lipinski definition) is 1. The summed E-state index contributed by atoms with van der Waals surface area (Å²) in [4.78, 5) is 24.6. The van der Waals surface area contributed by atoms with Gasteiger partial charge < -0.3 is 9.52 Å². The third-order valence-electron chi connectivity index (χ3n) is 2.86. The van der Waals surface area contributed by atoms with Crippen LogP contribution >= 0.6 is 0 Å². The predicted octanol–water partition coefficient (Wildman–Crippen LogP) is 2.63. The Morgan fingerprint density at radius 3 is 2.35 bits per heavy atom. The molecular weight excluding hydrogens is 258 g/mol. The zero-order valence-electron chi connectivity index (χ0n) is 11.3. The molecule has 1 N–H and O–H groups in total. The maximum atomic E-state index is 12.4. The highest BCUT2D eigenvalue weighted by atomic mass is 16.4. The molecule has 0 bridgehead atoms. The first-order chi connectivity index (χ1) is 9.47. The summed E-state index contributed by atoms with van der Waals surface area (Å²) in [6.07, 6.45) is 1.33. The van der Waals surface area contributed by atoms with E-state index < -0.39 is 18.4 Å². The van der Waals surface area contributed by atoms with Gasteiger partial charge in [0.25, 0.3) is 5.91 Å². The number of amides is 1. The summed E-state index contributed by atoms with van der Waals surface area (Å²) in [5.74, 6) is -0.861. The van der Waals surface area contributed by atoms with Gasteiger partial charge in [-0.05, 0) is 32.0 Å². The molecule has 0 fully saturated rings. The fraction of sp³-hybridized carbons (Fsp3) is 0.200. The summed E-state index contributed by atoms with van der Waals surface area (Å²) >= 11 is 0. The van der Waals surface area contributed by atoms with Crippen LogP contribution in [0.15, 0.2) is 41.0 Å². The standard InChI is InChI=1S/C15H15NO4/c1-10-3-5-13(6-4-10)16(8-14(17)18)15(19)12-7-11(2)20-9-12/h3-7,9H,8H2,1-2H3,(H,17,18). The Morgan fingerprint density at radius 1 is 1.20 bits per heavy atom. The molecule has 2 aromatic rings. The van der Waals surface area contributed by atoms with Crippen LogP contribution in [0.5, 0.6) is 0 Å². The number of carbonyl (C=O) groups is 2. The number of rotatable bonds is 4. The molecular formula is C15H15NO4. The molecule has 1 heterocycles. The number of nitrogens with zero attached hydrogens (tertiary/aromatic N) is 1. The van der Waals surface area contributed by atoms with Gasteiger partial charge in [-0.1, -0.05) is 17.7 Å². The molecule has 1 aromatic carbocycles. The molecule has 5 nitrogen and oxygen atoms in total. The van der Waals surface area contributed by atoms with Gasteiger partial charge in [0, 0.05) is 5.69 Å². The van der Waals surface area contributed by atoms with E-state index in [4.69, 9.17) is 9.52 Å². The summed E-state index contributed by atoms with van der Waals surface area (Å²) in [5, 5.41) is 8.98. The highest BCUT2D eigenvalue weighted by molar-refractivity contribution is 6.08. The Bertz CT molecular complexity index is 628. The summed E-state index contributed by atoms with van der Waals surface area (Å²) in [7, 11) is 0. The number of hydrogen-bond acceptors (Lipinski definition) is 3. The van der Waals surface area contributed by atoms with Crippen LogP contribution in [0, 0.1) is 13.8 Å². The Kier molecular flexibility index (Phi) is 3.89. The summed E-state index contributed by atoms with van der Waals surface area (Å²) in [6.45, 7) is 3.25. The molecule has 0 saturated carbocycles. The lowest BCUT2D eigenvalue weighted by Gasteiger charge is -2.20. The van der Waals surface area contributed by atoms with Gasteiger partial charge in [0.2, 0.25) is 0 Å². The number of aliphatic carboxylic acids is 1. The predicted molar refractivity (Wildman–Crippen MR) is 73.9 cm³/mol. The number of anilines is 1. The maximum Gasteiger partial charge on any atom is 0.323 e. The minimum atomic E-state index is -1.07. The second-order valence-electron chi connectivity index (χ2n) is 4.57. The van der Waals surface area contributed by atoms with E-state index >= 15 is 0 Å². The molecule has 0 spiro atoms. The van der Waals surface area contributed by atoms with E-state index in [2.05, 4.69) is 0 Å². The fourth-order valence-corrected chi connectivity index (χ4v) is 1.85. The zero-order chi connectivity index (χ0) is 14.7. The number of carboxylic acids is 1. The lowest BCUT2D eigenvalue weighted by Crippen LogP contribution is -2.35. The van der Waals surface area contributed by atoms with Crippen LogP contribution in [-0.4, -0.2) is 23.5 Å². The zero-order valence-corrected chi connectivity index (χ0v) is 11.3. The van der Waals surface area contributed by atoms with Gasteiger partial charge in [-0.2, -0.15) is 0 Å². The molecule has 5 heteroatoms. The lowest BCUT2D eigenvalue weighted by molar-refractivity contribution is -0.135. The van der Waals surface area contributed by atoms with Gasteiger partial charge in [-0.3, -0.25) is 14.5 Å². The number of carbonyl (C=O) groups excluding carboxylic acids is 1. The van der Waals surface area contributed by atoms with Crippen LogP contribution in [0.1, 0.15) is 21.7 Å². The molecule has 0 radical (unpaired) electrons. The first-order valence-corrected chi connectivity index (χ1v) is 6.13. The van der Waals surface area contributed by atoms with Crippen molar-refractivity contribution in [2.75, 3.05) is 11.4 Å². The van der Waals surface area contributed by atoms with Crippen molar-refractivity contribution >= 4 is 17.6 Å². The average molecular weight is 273 g/mol. The van der Waals surface area contributed by atoms with Crippen LogP contribution in [0.2, 0.25) is 0 Å².